The van der Waals surface area contributed by atoms with Crippen molar-refractivity contribution in [3.8, 4) is 5.75 Å². The Morgan fingerprint density at radius 3 is 2.80 bits per heavy atom. The van der Waals surface area contributed by atoms with Crippen molar-refractivity contribution in [2.75, 3.05) is 31.2 Å². The van der Waals surface area contributed by atoms with Crippen molar-refractivity contribution >= 4 is 23.4 Å². The number of nitrogen functional groups attached to an aromatic ring is 1. The Balaban J connectivity index is 1.92. The number of piperidine rings is 1. The number of carbonyl (C=O) groups is 1. The largest absolute Gasteiger partial charge is 0.494 e. The fourth-order valence-corrected chi connectivity index (χ4v) is 3.17. The summed E-state index contributed by atoms with van der Waals surface area (Å²) in [4.78, 5) is 15.0. The lowest BCUT2D eigenvalue weighted by Gasteiger charge is -2.26. The number of carbonyl (C=O) groups excluding carboxylic acids is 1. The molecule has 1 fully saturated rings. The molecule has 1 amide bonds. The van der Waals surface area contributed by atoms with Gasteiger partial charge < -0.3 is 15.4 Å². The topological polar surface area (TPSA) is 55.6 Å². The number of rotatable bonds is 5. The van der Waals surface area contributed by atoms with Gasteiger partial charge in [0.2, 0.25) is 5.91 Å². The van der Waals surface area contributed by atoms with E-state index in [1.54, 1.807) is 0 Å². The fraction of sp³-hybridized carbons (Fsp3) is 0.533. The van der Waals surface area contributed by atoms with Crippen molar-refractivity contribution in [2.45, 2.75) is 31.1 Å². The van der Waals surface area contributed by atoms with Crippen LogP contribution >= 0.6 is 11.8 Å². The molecular weight excluding hydrogens is 272 g/mol. The van der Waals surface area contributed by atoms with Crippen LogP contribution in [0.2, 0.25) is 0 Å². The molecule has 0 radical (unpaired) electrons. The van der Waals surface area contributed by atoms with Gasteiger partial charge in [0.15, 0.2) is 0 Å². The number of likely N-dealkylation sites (tertiary alicyclic amines) is 1. The van der Waals surface area contributed by atoms with E-state index in [4.69, 9.17) is 10.5 Å². The van der Waals surface area contributed by atoms with Gasteiger partial charge in [0.1, 0.15) is 5.75 Å². The van der Waals surface area contributed by atoms with E-state index in [0.717, 1.165) is 36.6 Å². The lowest BCUT2D eigenvalue weighted by atomic mass is 10.1. The van der Waals surface area contributed by atoms with Crippen LogP contribution in [0.15, 0.2) is 23.1 Å². The Morgan fingerprint density at radius 2 is 2.10 bits per heavy atom. The van der Waals surface area contributed by atoms with E-state index >= 15 is 0 Å². The van der Waals surface area contributed by atoms with Gasteiger partial charge in [-0.3, -0.25) is 4.79 Å². The van der Waals surface area contributed by atoms with Crippen LogP contribution in [0.1, 0.15) is 26.2 Å². The Hall–Kier alpha value is -1.36. The lowest BCUT2D eigenvalue weighted by Crippen LogP contribution is -2.36. The molecule has 0 unspecified atom stereocenters. The van der Waals surface area contributed by atoms with E-state index in [0.29, 0.717) is 18.0 Å². The SMILES string of the molecule is CCOc1ccc(N)c(SCC(=O)N2CCCCC2)c1. The molecule has 110 valence electrons. The molecule has 0 spiro atoms. The van der Waals surface area contributed by atoms with Crippen LogP contribution in [0.25, 0.3) is 0 Å². The number of benzene rings is 1. The first-order valence-corrected chi connectivity index (χ1v) is 8.12. The molecule has 1 aliphatic heterocycles. The molecule has 0 saturated carbocycles. The molecule has 4 nitrogen and oxygen atoms in total. The Bertz CT molecular complexity index is 459. The van der Waals surface area contributed by atoms with Gasteiger partial charge in [-0.1, -0.05) is 0 Å². The predicted octanol–water partition coefficient (Wildman–Crippen LogP) is 2.77. The number of ether oxygens (including phenoxy) is 1. The van der Waals surface area contributed by atoms with Crippen LogP contribution < -0.4 is 10.5 Å². The maximum absolute atomic E-state index is 12.1. The highest BCUT2D eigenvalue weighted by molar-refractivity contribution is 8.00. The third kappa shape index (κ3) is 4.07. The first kappa shape index (κ1) is 15.0. The summed E-state index contributed by atoms with van der Waals surface area (Å²) in [5.41, 5.74) is 6.65. The standard InChI is InChI=1S/C15H22N2O2S/c1-2-19-12-6-7-13(16)14(10-12)20-11-15(18)17-8-4-3-5-9-17/h6-7,10H,2-5,8-9,11,16H2,1H3. The Morgan fingerprint density at radius 1 is 1.35 bits per heavy atom. The van der Waals surface area contributed by atoms with E-state index < -0.39 is 0 Å². The zero-order valence-corrected chi connectivity index (χ0v) is 12.7. The minimum atomic E-state index is 0.205. The second-order valence-corrected chi connectivity index (χ2v) is 5.88. The summed E-state index contributed by atoms with van der Waals surface area (Å²) >= 11 is 1.49. The van der Waals surface area contributed by atoms with Gasteiger partial charge in [0, 0.05) is 23.7 Å². The predicted molar refractivity (Wildman–Crippen MR) is 83.2 cm³/mol. The fourth-order valence-electron chi connectivity index (χ4n) is 2.27. The van der Waals surface area contributed by atoms with Crippen molar-refractivity contribution in [1.82, 2.24) is 4.90 Å². The van der Waals surface area contributed by atoms with Crippen LogP contribution in [-0.4, -0.2) is 36.3 Å². The van der Waals surface area contributed by atoms with Gasteiger partial charge in [0.25, 0.3) is 0 Å². The molecule has 5 heteroatoms. The van der Waals surface area contributed by atoms with Crippen molar-refractivity contribution in [1.29, 1.82) is 0 Å². The summed E-state index contributed by atoms with van der Waals surface area (Å²) < 4.78 is 5.46. The number of amides is 1. The van der Waals surface area contributed by atoms with Gasteiger partial charge in [-0.25, -0.2) is 0 Å². The molecule has 0 aliphatic carbocycles. The molecular formula is C15H22N2O2S. The van der Waals surface area contributed by atoms with Crippen molar-refractivity contribution < 1.29 is 9.53 Å². The highest BCUT2D eigenvalue weighted by atomic mass is 32.2. The summed E-state index contributed by atoms with van der Waals surface area (Å²) in [5, 5.41) is 0. The number of nitrogens with zero attached hydrogens (tertiary/aromatic N) is 1. The van der Waals surface area contributed by atoms with Gasteiger partial charge in [-0.2, -0.15) is 0 Å². The number of anilines is 1. The van der Waals surface area contributed by atoms with Gasteiger partial charge in [0.05, 0.1) is 12.4 Å². The van der Waals surface area contributed by atoms with Crippen molar-refractivity contribution in [3.05, 3.63) is 18.2 Å². The normalized spacial score (nSPS) is 15.2. The minimum absolute atomic E-state index is 0.205. The quantitative estimate of drug-likeness (QED) is 0.670. The molecule has 0 aromatic heterocycles. The van der Waals surface area contributed by atoms with Crippen LogP contribution in [0, 0.1) is 0 Å². The minimum Gasteiger partial charge on any atom is -0.494 e. The van der Waals surface area contributed by atoms with E-state index in [9.17, 15) is 4.79 Å². The average Bonchev–Trinajstić information content (AvgIpc) is 2.48. The third-order valence-electron chi connectivity index (χ3n) is 3.36. The highest BCUT2D eigenvalue weighted by Crippen LogP contribution is 2.29. The monoisotopic (exact) mass is 294 g/mol. The second-order valence-electron chi connectivity index (χ2n) is 4.86. The Labute approximate surface area is 124 Å². The maximum atomic E-state index is 12.1. The average molecular weight is 294 g/mol. The first-order valence-electron chi connectivity index (χ1n) is 7.13. The highest BCUT2D eigenvalue weighted by Gasteiger charge is 2.16. The molecule has 1 aromatic carbocycles. The van der Waals surface area contributed by atoms with Crippen LogP contribution in [-0.2, 0) is 4.79 Å². The molecule has 1 saturated heterocycles. The maximum Gasteiger partial charge on any atom is 0.232 e. The first-order chi connectivity index (χ1) is 9.70. The second kappa shape index (κ2) is 7.43. The molecule has 0 atom stereocenters. The van der Waals surface area contributed by atoms with E-state index in [1.165, 1.54) is 18.2 Å². The van der Waals surface area contributed by atoms with Gasteiger partial charge in [-0.15, -0.1) is 11.8 Å². The van der Waals surface area contributed by atoms with E-state index in [-0.39, 0.29) is 5.91 Å². The molecule has 2 N–H and O–H groups in total. The number of nitrogens with two attached hydrogens (primary N) is 1. The number of thioether (sulfide) groups is 1. The molecule has 1 heterocycles. The summed E-state index contributed by atoms with van der Waals surface area (Å²) in [5.74, 6) is 1.45. The summed E-state index contributed by atoms with van der Waals surface area (Å²) in [7, 11) is 0. The van der Waals surface area contributed by atoms with Crippen molar-refractivity contribution in [3.63, 3.8) is 0 Å². The summed E-state index contributed by atoms with van der Waals surface area (Å²) in [6.07, 6.45) is 3.48. The van der Waals surface area contributed by atoms with Crippen molar-refractivity contribution in [2.24, 2.45) is 0 Å². The van der Waals surface area contributed by atoms with Gasteiger partial charge >= 0.3 is 0 Å². The molecule has 0 bridgehead atoms. The number of hydrogen-bond donors (Lipinski definition) is 1. The van der Waals surface area contributed by atoms with Gasteiger partial charge in [-0.05, 0) is 44.4 Å². The molecule has 2 rings (SSSR count). The Kier molecular flexibility index (Phi) is 5.59. The van der Waals surface area contributed by atoms with Crippen LogP contribution in [0.4, 0.5) is 5.69 Å². The third-order valence-corrected chi connectivity index (χ3v) is 4.41. The van der Waals surface area contributed by atoms with Crippen LogP contribution in [0.5, 0.6) is 5.75 Å². The summed E-state index contributed by atoms with van der Waals surface area (Å²) in [6, 6.07) is 5.60. The number of hydrogen-bond acceptors (Lipinski definition) is 4. The molecule has 20 heavy (non-hydrogen) atoms. The smallest absolute Gasteiger partial charge is 0.232 e. The lowest BCUT2D eigenvalue weighted by molar-refractivity contribution is -0.129. The molecule has 1 aromatic rings. The van der Waals surface area contributed by atoms with E-state index in [2.05, 4.69) is 0 Å². The van der Waals surface area contributed by atoms with Crippen LogP contribution in [0.3, 0.4) is 0 Å². The molecule has 1 aliphatic rings. The zero-order chi connectivity index (χ0) is 14.4. The summed E-state index contributed by atoms with van der Waals surface area (Å²) in [6.45, 7) is 4.37. The zero-order valence-electron chi connectivity index (χ0n) is 11.9. The van der Waals surface area contributed by atoms with E-state index in [1.807, 2.05) is 30.0 Å².